The topological polar surface area (TPSA) is 41.9 Å². The van der Waals surface area contributed by atoms with Gasteiger partial charge in [0.25, 0.3) is 5.91 Å². The summed E-state index contributed by atoms with van der Waals surface area (Å²) in [5.41, 5.74) is 3.07. The van der Waals surface area contributed by atoms with Gasteiger partial charge in [0.15, 0.2) is 5.84 Å². The molecule has 1 aliphatic heterocycles. The molecule has 128 valence electrons. The third-order valence-electron chi connectivity index (χ3n) is 4.08. The Morgan fingerprint density at radius 3 is 1.80 bits per heavy atom. The second kappa shape index (κ2) is 6.55. The molecule has 0 radical (unpaired) electrons. The molecule has 0 unspecified atom stereocenters. The first-order valence-electron chi connectivity index (χ1n) is 8.26. The number of β-lactam (4-membered cyclic amide) rings is 1. The van der Waals surface area contributed by atoms with Crippen molar-refractivity contribution in [3.63, 3.8) is 0 Å². The molecule has 1 heterocycles. The van der Waals surface area contributed by atoms with Crippen molar-refractivity contribution in [2.45, 2.75) is 26.3 Å². The number of carbonyl (C=O) groups is 1. The van der Waals surface area contributed by atoms with Gasteiger partial charge in [0.1, 0.15) is 7.11 Å². The molecule has 3 rings (SSSR count). The average Bonchev–Trinajstić information content (AvgIpc) is 2.59. The largest absolute Gasteiger partial charge is 0.397 e. The van der Waals surface area contributed by atoms with E-state index in [2.05, 4.69) is 5.16 Å². The van der Waals surface area contributed by atoms with Crippen molar-refractivity contribution < 1.29 is 9.63 Å². The maximum Gasteiger partial charge on any atom is 0.264 e. The highest BCUT2D eigenvalue weighted by atomic mass is 16.6. The van der Waals surface area contributed by atoms with Gasteiger partial charge in [-0.05, 0) is 31.9 Å². The molecule has 0 bridgehead atoms. The Morgan fingerprint density at radius 2 is 1.40 bits per heavy atom. The summed E-state index contributed by atoms with van der Waals surface area (Å²) in [6, 6.07) is 19.8. The van der Waals surface area contributed by atoms with E-state index < -0.39 is 0 Å². The molecule has 0 atom stereocenters. The van der Waals surface area contributed by atoms with Crippen LogP contribution in [0.1, 0.15) is 31.9 Å². The fourth-order valence-corrected chi connectivity index (χ4v) is 3.04. The summed E-state index contributed by atoms with van der Waals surface area (Å²) in [5.74, 6) is 0.536. The Hall–Kier alpha value is -2.88. The van der Waals surface area contributed by atoms with E-state index in [1.54, 1.807) is 4.90 Å². The van der Waals surface area contributed by atoms with E-state index in [0.29, 0.717) is 11.4 Å². The van der Waals surface area contributed by atoms with Crippen molar-refractivity contribution in [1.29, 1.82) is 0 Å². The first kappa shape index (κ1) is 17.0. The highest BCUT2D eigenvalue weighted by Gasteiger charge is 2.47. The van der Waals surface area contributed by atoms with Gasteiger partial charge >= 0.3 is 0 Å². The van der Waals surface area contributed by atoms with Gasteiger partial charge in [-0.15, -0.1) is 0 Å². The minimum absolute atomic E-state index is 0.0361. The Bertz CT molecular complexity index is 790. The van der Waals surface area contributed by atoms with E-state index in [0.717, 1.165) is 16.7 Å². The predicted molar refractivity (Wildman–Crippen MR) is 99.9 cm³/mol. The number of nitrogens with zero attached hydrogens (tertiary/aromatic N) is 2. The molecule has 1 amide bonds. The lowest BCUT2D eigenvalue weighted by Crippen LogP contribution is -2.60. The van der Waals surface area contributed by atoms with Crippen LogP contribution in [-0.2, 0) is 9.63 Å². The fraction of sp³-hybridized carbons (Fsp3) is 0.238. The molecule has 4 nitrogen and oxygen atoms in total. The minimum Gasteiger partial charge on any atom is -0.397 e. The number of benzene rings is 2. The Kier molecular flexibility index (Phi) is 4.45. The zero-order valence-corrected chi connectivity index (χ0v) is 15.0. The molecule has 25 heavy (non-hydrogen) atoms. The standard InChI is InChI=1S/C21H22N2O2/c1-21(2,3)23-19(22-25-4)18(20(23)24)17(15-11-7-5-8-12-15)16-13-9-6-10-14-16/h5-14H,1-4H3. The molecule has 0 N–H and O–H groups in total. The third kappa shape index (κ3) is 3.07. The highest BCUT2D eigenvalue weighted by Crippen LogP contribution is 2.37. The predicted octanol–water partition coefficient (Wildman–Crippen LogP) is 4.09. The lowest BCUT2D eigenvalue weighted by molar-refractivity contribution is -0.129. The Balaban J connectivity index is 2.25. The van der Waals surface area contributed by atoms with Crippen LogP contribution in [0.3, 0.4) is 0 Å². The Morgan fingerprint density at radius 1 is 0.920 bits per heavy atom. The number of carbonyl (C=O) groups excluding carboxylic acids is 1. The number of amidine groups is 1. The normalized spacial score (nSPS) is 16.0. The van der Waals surface area contributed by atoms with E-state index in [4.69, 9.17) is 4.84 Å². The van der Waals surface area contributed by atoms with Gasteiger partial charge in [0, 0.05) is 11.1 Å². The second-order valence-corrected chi connectivity index (χ2v) is 6.89. The van der Waals surface area contributed by atoms with Crippen molar-refractivity contribution in [2.75, 3.05) is 7.11 Å². The van der Waals surface area contributed by atoms with Crippen LogP contribution in [0.2, 0.25) is 0 Å². The van der Waals surface area contributed by atoms with Crippen LogP contribution in [0, 0.1) is 0 Å². The van der Waals surface area contributed by atoms with E-state index in [1.165, 1.54) is 7.11 Å². The van der Waals surface area contributed by atoms with Gasteiger partial charge in [-0.25, -0.2) is 0 Å². The number of likely N-dealkylation sites (tertiary alicyclic amines) is 1. The van der Waals surface area contributed by atoms with Crippen molar-refractivity contribution in [3.05, 3.63) is 77.4 Å². The summed E-state index contributed by atoms with van der Waals surface area (Å²) in [5, 5.41) is 4.15. The number of hydrogen-bond acceptors (Lipinski definition) is 3. The number of oxime groups is 1. The minimum atomic E-state index is -0.365. The summed E-state index contributed by atoms with van der Waals surface area (Å²) in [7, 11) is 1.50. The SMILES string of the molecule is CON=C1C(=C(c2ccccc2)c2ccccc2)C(=O)N1C(C)(C)C. The molecular weight excluding hydrogens is 312 g/mol. The molecule has 0 saturated carbocycles. The van der Waals surface area contributed by atoms with Crippen LogP contribution in [0.25, 0.3) is 5.57 Å². The van der Waals surface area contributed by atoms with Crippen molar-refractivity contribution in [2.24, 2.45) is 5.16 Å². The first-order valence-corrected chi connectivity index (χ1v) is 8.26. The number of rotatable bonds is 3. The van der Waals surface area contributed by atoms with Crippen LogP contribution < -0.4 is 0 Å². The molecule has 1 fully saturated rings. The van der Waals surface area contributed by atoms with Crippen molar-refractivity contribution in [3.8, 4) is 0 Å². The van der Waals surface area contributed by atoms with E-state index in [-0.39, 0.29) is 11.4 Å². The quantitative estimate of drug-likeness (QED) is 0.482. The van der Waals surface area contributed by atoms with Gasteiger partial charge in [-0.1, -0.05) is 65.8 Å². The summed E-state index contributed by atoms with van der Waals surface area (Å²) in [4.78, 5) is 19.7. The Labute approximate surface area is 148 Å². The van der Waals surface area contributed by atoms with Gasteiger partial charge in [-0.3, -0.25) is 9.69 Å². The van der Waals surface area contributed by atoms with Crippen molar-refractivity contribution >= 4 is 17.3 Å². The van der Waals surface area contributed by atoms with Gasteiger partial charge < -0.3 is 4.84 Å². The molecule has 2 aromatic rings. The van der Waals surface area contributed by atoms with Crippen LogP contribution in [0.15, 0.2) is 71.4 Å². The average molecular weight is 334 g/mol. The van der Waals surface area contributed by atoms with Crippen LogP contribution in [0.5, 0.6) is 0 Å². The summed E-state index contributed by atoms with van der Waals surface area (Å²) >= 11 is 0. The number of hydrogen-bond donors (Lipinski definition) is 0. The van der Waals surface area contributed by atoms with E-state index in [9.17, 15) is 4.79 Å². The highest BCUT2D eigenvalue weighted by molar-refractivity contribution is 6.40. The summed E-state index contributed by atoms with van der Waals surface area (Å²) < 4.78 is 0. The molecule has 1 saturated heterocycles. The second-order valence-electron chi connectivity index (χ2n) is 6.89. The van der Waals surface area contributed by atoms with Gasteiger partial charge in [-0.2, -0.15) is 0 Å². The van der Waals surface area contributed by atoms with Crippen LogP contribution in [0.4, 0.5) is 0 Å². The molecule has 0 aliphatic carbocycles. The summed E-state index contributed by atoms with van der Waals surface area (Å²) in [6.45, 7) is 5.95. The monoisotopic (exact) mass is 334 g/mol. The van der Waals surface area contributed by atoms with Crippen molar-refractivity contribution in [1.82, 2.24) is 4.90 Å². The smallest absolute Gasteiger partial charge is 0.264 e. The van der Waals surface area contributed by atoms with E-state index >= 15 is 0 Å². The molecule has 1 aliphatic rings. The fourth-order valence-electron chi connectivity index (χ4n) is 3.04. The van der Waals surface area contributed by atoms with Gasteiger partial charge in [0.05, 0.1) is 5.57 Å². The van der Waals surface area contributed by atoms with Crippen LogP contribution in [-0.4, -0.2) is 29.3 Å². The zero-order valence-electron chi connectivity index (χ0n) is 15.0. The summed E-state index contributed by atoms with van der Waals surface area (Å²) in [6.07, 6.45) is 0. The maximum absolute atomic E-state index is 13.0. The third-order valence-corrected chi connectivity index (χ3v) is 4.08. The lowest BCUT2D eigenvalue weighted by Gasteiger charge is -2.44. The van der Waals surface area contributed by atoms with Crippen LogP contribution >= 0.6 is 0 Å². The zero-order chi connectivity index (χ0) is 18.0. The number of amides is 1. The first-order chi connectivity index (χ1) is 11.9. The molecule has 4 heteroatoms. The maximum atomic E-state index is 13.0. The molecule has 0 spiro atoms. The lowest BCUT2D eigenvalue weighted by atomic mass is 9.85. The molecule has 2 aromatic carbocycles. The van der Waals surface area contributed by atoms with Gasteiger partial charge in [0.2, 0.25) is 0 Å². The molecule has 0 aromatic heterocycles. The van der Waals surface area contributed by atoms with E-state index in [1.807, 2.05) is 81.4 Å². The molecular formula is C21H22N2O2.